The molecule has 1 saturated carbocycles. The van der Waals surface area contributed by atoms with Gasteiger partial charge in [-0.1, -0.05) is 40.0 Å². The van der Waals surface area contributed by atoms with Gasteiger partial charge in [-0.05, 0) is 24.2 Å². The Labute approximate surface area is 65.0 Å². The molecule has 0 radical (unpaired) electrons. The third-order valence-corrected chi connectivity index (χ3v) is 3.11. The zero-order valence-electron chi connectivity index (χ0n) is 7.61. The van der Waals surface area contributed by atoms with Gasteiger partial charge in [0.2, 0.25) is 0 Å². The maximum absolute atomic E-state index is 2.43. The second kappa shape index (κ2) is 2.94. The van der Waals surface area contributed by atoms with E-state index in [9.17, 15) is 0 Å². The average Bonchev–Trinajstić information content (AvgIpc) is 1.85. The lowest BCUT2D eigenvalue weighted by Gasteiger charge is -2.45. The normalized spacial score (nSPS) is 39.3. The molecule has 0 saturated heterocycles. The van der Waals surface area contributed by atoms with Crippen molar-refractivity contribution in [3.8, 4) is 0 Å². The minimum absolute atomic E-state index is 0.736. The zero-order valence-corrected chi connectivity index (χ0v) is 7.61. The molecule has 0 unspecified atom stereocenters. The van der Waals surface area contributed by atoms with E-state index < -0.39 is 0 Å². The summed E-state index contributed by atoms with van der Waals surface area (Å²) in [5, 5.41) is 0. The van der Waals surface area contributed by atoms with Crippen LogP contribution in [0.25, 0.3) is 0 Å². The summed E-state index contributed by atoms with van der Waals surface area (Å²) >= 11 is 0. The topological polar surface area (TPSA) is 0 Å². The summed E-state index contributed by atoms with van der Waals surface area (Å²) in [7, 11) is 0. The molecule has 0 heteroatoms. The fraction of sp³-hybridized carbons (Fsp3) is 1.00. The minimum atomic E-state index is 0.736. The Kier molecular flexibility index (Phi) is 2.38. The number of hydrogen-bond donors (Lipinski definition) is 0. The summed E-state index contributed by atoms with van der Waals surface area (Å²) in [6.07, 6.45) is 7.22. The molecule has 1 aliphatic rings. The van der Waals surface area contributed by atoms with E-state index in [0.29, 0.717) is 0 Å². The second-order valence-corrected chi connectivity index (χ2v) is 4.23. The van der Waals surface area contributed by atoms with Gasteiger partial charge in [0.1, 0.15) is 0 Å². The van der Waals surface area contributed by atoms with Crippen molar-refractivity contribution in [3.63, 3.8) is 0 Å². The van der Waals surface area contributed by atoms with Gasteiger partial charge in [0, 0.05) is 0 Å². The molecule has 10 heavy (non-hydrogen) atoms. The highest BCUT2D eigenvalue weighted by Crippen LogP contribution is 2.49. The molecule has 60 valence electrons. The zero-order chi connectivity index (χ0) is 7.61. The largest absolute Gasteiger partial charge is 0.0654 e. The molecular formula is C10H20. The average molecular weight is 140 g/mol. The van der Waals surface area contributed by atoms with E-state index in [0.717, 1.165) is 11.3 Å². The molecule has 0 aliphatic heterocycles. The van der Waals surface area contributed by atoms with E-state index >= 15 is 0 Å². The van der Waals surface area contributed by atoms with Crippen molar-refractivity contribution >= 4 is 0 Å². The SMILES string of the molecule is CCCC1CC(C)(CC)C1. The van der Waals surface area contributed by atoms with Gasteiger partial charge in [0.15, 0.2) is 0 Å². The minimum Gasteiger partial charge on any atom is -0.0654 e. The fourth-order valence-electron chi connectivity index (χ4n) is 2.24. The lowest BCUT2D eigenvalue weighted by Crippen LogP contribution is -2.33. The molecule has 0 spiro atoms. The smallest absolute Gasteiger partial charge is 0.0323 e. The Balaban J connectivity index is 2.16. The predicted molar refractivity (Wildman–Crippen MR) is 46.0 cm³/mol. The van der Waals surface area contributed by atoms with Gasteiger partial charge < -0.3 is 0 Å². The standard InChI is InChI=1S/C10H20/c1-4-6-9-7-10(3,5-2)8-9/h9H,4-8H2,1-3H3. The Morgan fingerprint density at radius 3 is 2.30 bits per heavy atom. The van der Waals surface area contributed by atoms with E-state index in [4.69, 9.17) is 0 Å². The summed E-state index contributed by atoms with van der Waals surface area (Å²) in [5.74, 6) is 1.08. The molecule has 0 heterocycles. The molecule has 0 atom stereocenters. The van der Waals surface area contributed by atoms with Crippen LogP contribution in [0.15, 0.2) is 0 Å². The van der Waals surface area contributed by atoms with Crippen molar-refractivity contribution in [1.82, 2.24) is 0 Å². The molecule has 0 N–H and O–H groups in total. The number of rotatable bonds is 3. The van der Waals surface area contributed by atoms with Crippen LogP contribution in [-0.2, 0) is 0 Å². The first-order valence-corrected chi connectivity index (χ1v) is 4.70. The molecular weight excluding hydrogens is 120 g/mol. The van der Waals surface area contributed by atoms with Crippen LogP contribution >= 0.6 is 0 Å². The summed E-state index contributed by atoms with van der Waals surface area (Å²) in [6, 6.07) is 0. The van der Waals surface area contributed by atoms with Crippen LogP contribution in [0.5, 0.6) is 0 Å². The van der Waals surface area contributed by atoms with Crippen molar-refractivity contribution in [2.24, 2.45) is 11.3 Å². The highest BCUT2D eigenvalue weighted by Gasteiger charge is 2.37. The molecule has 1 rings (SSSR count). The lowest BCUT2D eigenvalue weighted by atomic mass is 9.61. The Bertz CT molecular complexity index is 98.6. The van der Waals surface area contributed by atoms with Gasteiger partial charge in [0.05, 0.1) is 0 Å². The van der Waals surface area contributed by atoms with Crippen LogP contribution in [0.4, 0.5) is 0 Å². The maximum atomic E-state index is 2.43. The van der Waals surface area contributed by atoms with E-state index in [1.165, 1.54) is 32.1 Å². The van der Waals surface area contributed by atoms with Crippen LogP contribution in [-0.4, -0.2) is 0 Å². The highest BCUT2D eigenvalue weighted by molar-refractivity contribution is 4.88. The highest BCUT2D eigenvalue weighted by atomic mass is 14.4. The maximum Gasteiger partial charge on any atom is -0.0323 e. The molecule has 0 aromatic rings. The summed E-state index contributed by atoms with van der Waals surface area (Å²) in [5.41, 5.74) is 0.736. The predicted octanol–water partition coefficient (Wildman–Crippen LogP) is 3.61. The van der Waals surface area contributed by atoms with E-state index in [1.54, 1.807) is 0 Å². The van der Waals surface area contributed by atoms with Gasteiger partial charge in [-0.15, -0.1) is 0 Å². The molecule has 0 bridgehead atoms. The molecule has 0 aromatic heterocycles. The summed E-state index contributed by atoms with van der Waals surface area (Å²) < 4.78 is 0. The van der Waals surface area contributed by atoms with Crippen molar-refractivity contribution < 1.29 is 0 Å². The number of hydrogen-bond acceptors (Lipinski definition) is 0. The van der Waals surface area contributed by atoms with Crippen molar-refractivity contribution in [1.29, 1.82) is 0 Å². The molecule has 1 fully saturated rings. The Morgan fingerprint density at radius 2 is 1.90 bits per heavy atom. The van der Waals surface area contributed by atoms with Crippen molar-refractivity contribution in [2.75, 3.05) is 0 Å². The van der Waals surface area contributed by atoms with Gasteiger partial charge in [-0.3, -0.25) is 0 Å². The monoisotopic (exact) mass is 140 g/mol. The lowest BCUT2D eigenvalue weighted by molar-refractivity contribution is 0.0645. The Hall–Kier alpha value is 0. The van der Waals surface area contributed by atoms with Gasteiger partial charge in [-0.25, -0.2) is 0 Å². The quantitative estimate of drug-likeness (QED) is 0.561. The van der Waals surface area contributed by atoms with Gasteiger partial charge in [0.25, 0.3) is 0 Å². The van der Waals surface area contributed by atoms with Crippen LogP contribution in [0.1, 0.15) is 52.9 Å². The summed E-state index contributed by atoms with van der Waals surface area (Å²) in [6.45, 7) is 7.04. The van der Waals surface area contributed by atoms with E-state index in [1.807, 2.05) is 0 Å². The molecule has 0 amide bonds. The first-order valence-electron chi connectivity index (χ1n) is 4.70. The van der Waals surface area contributed by atoms with E-state index in [2.05, 4.69) is 20.8 Å². The first-order chi connectivity index (χ1) is 4.70. The second-order valence-electron chi connectivity index (χ2n) is 4.23. The Morgan fingerprint density at radius 1 is 1.30 bits per heavy atom. The van der Waals surface area contributed by atoms with Gasteiger partial charge >= 0.3 is 0 Å². The molecule has 1 aliphatic carbocycles. The molecule has 0 aromatic carbocycles. The van der Waals surface area contributed by atoms with Crippen LogP contribution in [0.3, 0.4) is 0 Å². The van der Waals surface area contributed by atoms with Crippen LogP contribution in [0, 0.1) is 11.3 Å². The first kappa shape index (κ1) is 8.10. The molecule has 0 nitrogen and oxygen atoms in total. The van der Waals surface area contributed by atoms with Crippen molar-refractivity contribution in [3.05, 3.63) is 0 Å². The third-order valence-electron chi connectivity index (χ3n) is 3.11. The van der Waals surface area contributed by atoms with Crippen LogP contribution < -0.4 is 0 Å². The summed E-state index contributed by atoms with van der Waals surface area (Å²) in [4.78, 5) is 0. The van der Waals surface area contributed by atoms with Crippen molar-refractivity contribution in [2.45, 2.75) is 52.9 Å². The van der Waals surface area contributed by atoms with E-state index in [-0.39, 0.29) is 0 Å². The van der Waals surface area contributed by atoms with Gasteiger partial charge in [-0.2, -0.15) is 0 Å². The van der Waals surface area contributed by atoms with Crippen LogP contribution in [0.2, 0.25) is 0 Å². The third kappa shape index (κ3) is 1.53. The fourth-order valence-corrected chi connectivity index (χ4v) is 2.24.